The van der Waals surface area contributed by atoms with Crippen LogP contribution in [0.1, 0.15) is 5.56 Å². The number of methoxy groups -OCH3 is 1. The van der Waals surface area contributed by atoms with Crippen LogP contribution in [0.2, 0.25) is 0 Å². The summed E-state index contributed by atoms with van der Waals surface area (Å²) in [7, 11) is 1.60. The van der Waals surface area contributed by atoms with E-state index in [2.05, 4.69) is 20.3 Å². The molecule has 0 unspecified atom stereocenters. The summed E-state index contributed by atoms with van der Waals surface area (Å²) in [5, 5.41) is 2.79. The molecule has 0 saturated carbocycles. The van der Waals surface area contributed by atoms with E-state index < -0.39 is 0 Å². The molecule has 0 aliphatic heterocycles. The van der Waals surface area contributed by atoms with E-state index in [-0.39, 0.29) is 12.3 Å². The van der Waals surface area contributed by atoms with Crippen LogP contribution in [0.15, 0.2) is 61.2 Å². The molecule has 0 spiro atoms. The first kappa shape index (κ1) is 15.6. The zero-order valence-corrected chi connectivity index (χ0v) is 13.1. The number of aromatic nitrogens is 3. The fraction of sp³-hybridized carbons (Fsp3) is 0.111. The first-order valence-electron chi connectivity index (χ1n) is 7.40. The van der Waals surface area contributed by atoms with Crippen molar-refractivity contribution in [2.75, 3.05) is 12.4 Å². The molecule has 0 atom stereocenters. The fourth-order valence-electron chi connectivity index (χ4n) is 2.21. The summed E-state index contributed by atoms with van der Waals surface area (Å²) in [5.74, 6) is 1.15. The number of carbonyl (C=O) groups excluding carboxylic acids is 1. The van der Waals surface area contributed by atoms with Crippen LogP contribution in [-0.2, 0) is 11.2 Å². The minimum atomic E-state index is -0.138. The number of amides is 1. The Balaban J connectivity index is 1.64. The van der Waals surface area contributed by atoms with Crippen LogP contribution < -0.4 is 10.1 Å². The highest BCUT2D eigenvalue weighted by molar-refractivity contribution is 5.92. The third-order valence-corrected chi connectivity index (χ3v) is 3.35. The lowest BCUT2D eigenvalue weighted by Crippen LogP contribution is -2.14. The first-order chi connectivity index (χ1) is 11.7. The van der Waals surface area contributed by atoms with Crippen molar-refractivity contribution >= 4 is 11.6 Å². The zero-order valence-electron chi connectivity index (χ0n) is 13.1. The first-order valence-corrected chi connectivity index (χ1v) is 7.40. The normalized spacial score (nSPS) is 10.2. The van der Waals surface area contributed by atoms with Gasteiger partial charge in [-0.15, -0.1) is 0 Å². The van der Waals surface area contributed by atoms with Gasteiger partial charge in [-0.3, -0.25) is 9.78 Å². The second-order valence-corrected chi connectivity index (χ2v) is 5.11. The van der Waals surface area contributed by atoms with Gasteiger partial charge in [0.15, 0.2) is 5.82 Å². The van der Waals surface area contributed by atoms with Gasteiger partial charge >= 0.3 is 0 Å². The summed E-state index contributed by atoms with van der Waals surface area (Å²) in [6.45, 7) is 0. The maximum Gasteiger partial charge on any atom is 0.228 e. The molecule has 2 aromatic heterocycles. The average molecular weight is 320 g/mol. The Kier molecular flexibility index (Phi) is 4.76. The summed E-state index contributed by atoms with van der Waals surface area (Å²) < 4.78 is 5.15. The standard InChI is InChI=1S/C18H16N4O2/c1-24-16-6-2-4-13(8-16)9-17(23)22-15-11-20-18(21-12-15)14-5-3-7-19-10-14/h2-8,10-12H,9H2,1H3,(H,22,23). The smallest absolute Gasteiger partial charge is 0.228 e. The summed E-state index contributed by atoms with van der Waals surface area (Å²) in [6.07, 6.45) is 6.80. The molecule has 0 bridgehead atoms. The van der Waals surface area contributed by atoms with E-state index in [4.69, 9.17) is 4.74 Å². The van der Waals surface area contributed by atoms with Gasteiger partial charge in [0.2, 0.25) is 5.91 Å². The molecule has 0 fully saturated rings. The topological polar surface area (TPSA) is 77.0 Å². The van der Waals surface area contributed by atoms with Crippen molar-refractivity contribution < 1.29 is 9.53 Å². The van der Waals surface area contributed by atoms with Gasteiger partial charge in [0.05, 0.1) is 31.6 Å². The highest BCUT2D eigenvalue weighted by atomic mass is 16.5. The summed E-state index contributed by atoms with van der Waals surface area (Å²) in [4.78, 5) is 24.7. The molecule has 1 amide bonds. The van der Waals surface area contributed by atoms with E-state index in [0.717, 1.165) is 16.9 Å². The summed E-state index contributed by atoms with van der Waals surface area (Å²) in [6, 6.07) is 11.1. The fourth-order valence-corrected chi connectivity index (χ4v) is 2.21. The van der Waals surface area contributed by atoms with Gasteiger partial charge in [-0.2, -0.15) is 0 Å². The second-order valence-electron chi connectivity index (χ2n) is 5.11. The molecule has 0 radical (unpaired) electrons. The minimum Gasteiger partial charge on any atom is -0.497 e. The number of benzene rings is 1. The van der Waals surface area contributed by atoms with Gasteiger partial charge in [-0.05, 0) is 29.8 Å². The van der Waals surface area contributed by atoms with Crippen molar-refractivity contribution in [3.8, 4) is 17.1 Å². The SMILES string of the molecule is COc1cccc(CC(=O)Nc2cnc(-c3cccnc3)nc2)c1. The lowest BCUT2D eigenvalue weighted by Gasteiger charge is -2.07. The number of nitrogens with zero attached hydrogens (tertiary/aromatic N) is 3. The minimum absolute atomic E-state index is 0.138. The predicted molar refractivity (Wildman–Crippen MR) is 90.6 cm³/mol. The number of ether oxygens (including phenoxy) is 1. The van der Waals surface area contributed by atoms with Crippen LogP contribution in [0.4, 0.5) is 5.69 Å². The Labute approximate surface area is 139 Å². The molecule has 6 heteroatoms. The molecule has 1 aromatic carbocycles. The van der Waals surface area contributed by atoms with Crippen LogP contribution in [0.5, 0.6) is 5.75 Å². The molecule has 24 heavy (non-hydrogen) atoms. The van der Waals surface area contributed by atoms with Gasteiger partial charge in [-0.1, -0.05) is 12.1 Å². The summed E-state index contributed by atoms with van der Waals surface area (Å²) >= 11 is 0. The molecule has 6 nitrogen and oxygen atoms in total. The lowest BCUT2D eigenvalue weighted by atomic mass is 10.1. The lowest BCUT2D eigenvalue weighted by molar-refractivity contribution is -0.115. The molecule has 0 aliphatic carbocycles. The van der Waals surface area contributed by atoms with Crippen molar-refractivity contribution in [3.63, 3.8) is 0 Å². The van der Waals surface area contributed by atoms with Gasteiger partial charge in [0.1, 0.15) is 5.75 Å². The van der Waals surface area contributed by atoms with Gasteiger partial charge < -0.3 is 10.1 Å². The molecule has 1 N–H and O–H groups in total. The van der Waals surface area contributed by atoms with Crippen molar-refractivity contribution in [1.82, 2.24) is 15.0 Å². The number of hydrogen-bond acceptors (Lipinski definition) is 5. The van der Waals surface area contributed by atoms with Crippen LogP contribution in [-0.4, -0.2) is 28.0 Å². The largest absolute Gasteiger partial charge is 0.497 e. The van der Waals surface area contributed by atoms with E-state index in [1.165, 1.54) is 0 Å². The molecule has 3 aromatic rings. The zero-order chi connectivity index (χ0) is 16.8. The summed E-state index contributed by atoms with van der Waals surface area (Å²) in [5.41, 5.74) is 2.25. The molecule has 0 saturated heterocycles. The molecular formula is C18H16N4O2. The van der Waals surface area contributed by atoms with Gasteiger partial charge in [0, 0.05) is 18.0 Å². The number of carbonyl (C=O) groups is 1. The second kappa shape index (κ2) is 7.32. The van der Waals surface area contributed by atoms with Crippen LogP contribution in [0, 0.1) is 0 Å². The highest BCUT2D eigenvalue weighted by Crippen LogP contribution is 2.15. The molecule has 3 rings (SSSR count). The van der Waals surface area contributed by atoms with E-state index >= 15 is 0 Å². The molecule has 2 heterocycles. The highest BCUT2D eigenvalue weighted by Gasteiger charge is 2.07. The van der Waals surface area contributed by atoms with Crippen LogP contribution in [0.25, 0.3) is 11.4 Å². The molecule has 0 aliphatic rings. The molecule has 120 valence electrons. The van der Waals surface area contributed by atoms with Crippen LogP contribution in [0.3, 0.4) is 0 Å². The Morgan fingerprint density at radius 1 is 1.12 bits per heavy atom. The number of rotatable bonds is 5. The van der Waals surface area contributed by atoms with Gasteiger partial charge in [0.25, 0.3) is 0 Å². The molecular weight excluding hydrogens is 304 g/mol. The number of anilines is 1. The van der Waals surface area contributed by atoms with Crippen molar-refractivity contribution in [2.45, 2.75) is 6.42 Å². The van der Waals surface area contributed by atoms with E-state index in [1.54, 1.807) is 31.9 Å². The Bertz CT molecular complexity index is 820. The van der Waals surface area contributed by atoms with Crippen LogP contribution >= 0.6 is 0 Å². The van der Waals surface area contributed by atoms with Gasteiger partial charge in [-0.25, -0.2) is 9.97 Å². The van der Waals surface area contributed by atoms with E-state index in [9.17, 15) is 4.79 Å². The monoisotopic (exact) mass is 320 g/mol. The Morgan fingerprint density at radius 2 is 1.96 bits per heavy atom. The number of hydrogen-bond donors (Lipinski definition) is 1. The predicted octanol–water partition coefficient (Wildman–Crippen LogP) is 2.73. The van der Waals surface area contributed by atoms with Crippen molar-refractivity contribution in [1.29, 1.82) is 0 Å². The quantitative estimate of drug-likeness (QED) is 0.782. The Morgan fingerprint density at radius 3 is 2.67 bits per heavy atom. The average Bonchev–Trinajstić information content (AvgIpc) is 2.63. The van der Waals surface area contributed by atoms with Crippen molar-refractivity contribution in [2.24, 2.45) is 0 Å². The number of nitrogens with one attached hydrogen (secondary N) is 1. The third kappa shape index (κ3) is 3.92. The maximum absolute atomic E-state index is 12.1. The van der Waals surface area contributed by atoms with E-state index in [1.807, 2.05) is 36.4 Å². The Hall–Kier alpha value is -3.28. The van der Waals surface area contributed by atoms with E-state index in [0.29, 0.717) is 11.5 Å². The third-order valence-electron chi connectivity index (χ3n) is 3.35. The number of pyridine rings is 1. The van der Waals surface area contributed by atoms with Crippen molar-refractivity contribution in [3.05, 3.63) is 66.7 Å². The maximum atomic E-state index is 12.1.